The van der Waals surface area contributed by atoms with Crippen molar-refractivity contribution in [2.24, 2.45) is 0 Å². The van der Waals surface area contributed by atoms with Crippen LogP contribution in [0.4, 0.5) is 6.01 Å². The normalized spacial score (nSPS) is 16.5. The number of hydrogen-bond acceptors (Lipinski definition) is 8. The molecule has 25 heavy (non-hydrogen) atoms. The molecule has 0 bridgehead atoms. The topological polar surface area (TPSA) is 105 Å². The van der Waals surface area contributed by atoms with Crippen LogP contribution < -0.4 is 19.5 Å². The number of nitrogens with zero attached hydrogens (tertiary/aromatic N) is 2. The van der Waals surface area contributed by atoms with Crippen LogP contribution in [0.25, 0.3) is 0 Å². The van der Waals surface area contributed by atoms with E-state index in [9.17, 15) is 4.79 Å². The number of carbonyl (C=O) groups is 1. The monoisotopic (exact) mass is 349 g/mol. The molecule has 0 aliphatic carbocycles. The number of rotatable bonds is 6. The van der Waals surface area contributed by atoms with Gasteiger partial charge in [0.2, 0.25) is 11.6 Å². The Morgan fingerprint density at radius 2 is 1.88 bits per heavy atom. The first-order chi connectivity index (χ1) is 12.2. The molecule has 0 spiro atoms. The highest BCUT2D eigenvalue weighted by Gasteiger charge is 2.24. The molecule has 1 atom stereocenters. The van der Waals surface area contributed by atoms with Crippen molar-refractivity contribution in [3.05, 3.63) is 23.6 Å². The minimum absolute atomic E-state index is 0.00394. The van der Waals surface area contributed by atoms with Crippen molar-refractivity contribution < 1.29 is 28.2 Å². The third kappa shape index (κ3) is 3.50. The van der Waals surface area contributed by atoms with Gasteiger partial charge in [-0.3, -0.25) is 10.1 Å². The summed E-state index contributed by atoms with van der Waals surface area (Å²) < 4.78 is 26.6. The quantitative estimate of drug-likeness (QED) is 0.846. The minimum atomic E-state index is -0.443. The molecule has 1 unspecified atom stereocenters. The van der Waals surface area contributed by atoms with Crippen LogP contribution in [0.3, 0.4) is 0 Å². The van der Waals surface area contributed by atoms with Crippen LogP contribution in [0.2, 0.25) is 0 Å². The zero-order chi connectivity index (χ0) is 17.8. The molecule has 1 aromatic carbocycles. The summed E-state index contributed by atoms with van der Waals surface area (Å²) in [5, 5.41) is 10.3. The molecule has 2 aromatic rings. The highest BCUT2D eigenvalue weighted by atomic mass is 16.5. The van der Waals surface area contributed by atoms with Gasteiger partial charge < -0.3 is 23.4 Å². The van der Waals surface area contributed by atoms with E-state index in [1.807, 2.05) is 0 Å². The second-order valence-corrected chi connectivity index (χ2v) is 5.32. The van der Waals surface area contributed by atoms with Gasteiger partial charge in [-0.15, -0.1) is 5.10 Å². The number of carbonyl (C=O) groups excluding carboxylic acids is 1. The van der Waals surface area contributed by atoms with Crippen LogP contribution >= 0.6 is 0 Å². The zero-order valence-corrected chi connectivity index (χ0v) is 14.2. The first-order valence-corrected chi connectivity index (χ1v) is 7.72. The summed E-state index contributed by atoms with van der Waals surface area (Å²) in [4.78, 5) is 12.5. The summed E-state index contributed by atoms with van der Waals surface area (Å²) in [5.41, 5.74) is 0.298. The van der Waals surface area contributed by atoms with Gasteiger partial charge in [-0.2, -0.15) is 0 Å². The van der Waals surface area contributed by atoms with E-state index in [1.54, 1.807) is 0 Å². The average Bonchev–Trinajstić information content (AvgIpc) is 3.31. The highest BCUT2D eigenvalue weighted by molar-refractivity contribution is 6.04. The first kappa shape index (κ1) is 17.0. The zero-order valence-electron chi connectivity index (χ0n) is 14.2. The molecular formula is C16H19N3O6. The highest BCUT2D eigenvalue weighted by Crippen LogP contribution is 2.38. The van der Waals surface area contributed by atoms with Gasteiger partial charge in [0, 0.05) is 12.2 Å². The Hall–Kier alpha value is -2.81. The Labute approximate surface area is 144 Å². The maximum atomic E-state index is 12.5. The molecule has 1 N–H and O–H groups in total. The third-order valence-corrected chi connectivity index (χ3v) is 3.79. The van der Waals surface area contributed by atoms with E-state index in [1.165, 1.54) is 33.5 Å². The van der Waals surface area contributed by atoms with Gasteiger partial charge in [-0.05, 0) is 25.0 Å². The van der Waals surface area contributed by atoms with Crippen molar-refractivity contribution in [3.8, 4) is 17.2 Å². The van der Waals surface area contributed by atoms with Crippen LogP contribution in [0, 0.1) is 0 Å². The lowest BCUT2D eigenvalue weighted by molar-refractivity contribution is 0.0893. The van der Waals surface area contributed by atoms with Crippen molar-refractivity contribution in [1.29, 1.82) is 0 Å². The Morgan fingerprint density at radius 1 is 1.16 bits per heavy atom. The molecule has 1 fully saturated rings. The Bertz CT molecular complexity index is 729. The summed E-state index contributed by atoms with van der Waals surface area (Å²) in [5.74, 6) is 1.06. The molecule has 1 aromatic heterocycles. The van der Waals surface area contributed by atoms with Gasteiger partial charge >= 0.3 is 6.01 Å². The number of ether oxygens (including phenoxy) is 4. The van der Waals surface area contributed by atoms with E-state index in [0.717, 1.165) is 12.8 Å². The summed E-state index contributed by atoms with van der Waals surface area (Å²) in [6.45, 7) is 0.667. The van der Waals surface area contributed by atoms with Crippen molar-refractivity contribution >= 4 is 11.9 Å². The van der Waals surface area contributed by atoms with E-state index < -0.39 is 5.91 Å². The number of nitrogens with one attached hydrogen (secondary N) is 1. The van der Waals surface area contributed by atoms with Crippen LogP contribution in [0.15, 0.2) is 16.5 Å². The van der Waals surface area contributed by atoms with Crippen LogP contribution in [-0.4, -0.2) is 44.0 Å². The molecule has 1 amide bonds. The van der Waals surface area contributed by atoms with Crippen molar-refractivity contribution in [1.82, 2.24) is 10.2 Å². The Balaban J connectivity index is 1.79. The fraction of sp³-hybridized carbons (Fsp3) is 0.438. The molecule has 0 saturated carbocycles. The van der Waals surface area contributed by atoms with Gasteiger partial charge in [0.1, 0.15) is 6.10 Å². The van der Waals surface area contributed by atoms with Crippen LogP contribution in [0.1, 0.15) is 35.2 Å². The number of benzene rings is 1. The summed E-state index contributed by atoms with van der Waals surface area (Å²) in [6, 6.07) is 3.08. The minimum Gasteiger partial charge on any atom is -0.493 e. The molecule has 134 valence electrons. The predicted molar refractivity (Wildman–Crippen MR) is 86.3 cm³/mol. The van der Waals surface area contributed by atoms with E-state index >= 15 is 0 Å². The number of amides is 1. The molecule has 0 radical (unpaired) electrons. The summed E-state index contributed by atoms with van der Waals surface area (Å²) >= 11 is 0. The predicted octanol–water partition coefficient (Wildman–Crippen LogP) is 2.20. The van der Waals surface area contributed by atoms with E-state index in [0.29, 0.717) is 35.3 Å². The number of aromatic nitrogens is 2. The van der Waals surface area contributed by atoms with Gasteiger partial charge in [0.15, 0.2) is 11.5 Å². The number of methoxy groups -OCH3 is 3. The van der Waals surface area contributed by atoms with Crippen LogP contribution in [-0.2, 0) is 4.74 Å². The molecular weight excluding hydrogens is 330 g/mol. The Kier molecular flexibility index (Phi) is 5.03. The standard InChI is InChI=1S/C16H19N3O6/c1-21-11-7-9(8-12(22-2)13(11)23-3)14(20)17-16-19-18-15(25-16)10-5-4-6-24-10/h7-8,10H,4-6H2,1-3H3,(H,17,19,20). The smallest absolute Gasteiger partial charge is 0.322 e. The molecule has 2 heterocycles. The van der Waals surface area contributed by atoms with Gasteiger partial charge in [-0.1, -0.05) is 5.10 Å². The van der Waals surface area contributed by atoms with Crippen molar-refractivity contribution in [3.63, 3.8) is 0 Å². The van der Waals surface area contributed by atoms with E-state index in [-0.39, 0.29) is 12.1 Å². The molecule has 1 aliphatic heterocycles. The lowest BCUT2D eigenvalue weighted by Crippen LogP contribution is -2.13. The number of hydrogen-bond donors (Lipinski definition) is 1. The average molecular weight is 349 g/mol. The Morgan fingerprint density at radius 3 is 2.44 bits per heavy atom. The molecule has 1 aliphatic rings. The maximum absolute atomic E-state index is 12.5. The maximum Gasteiger partial charge on any atom is 0.322 e. The third-order valence-electron chi connectivity index (χ3n) is 3.79. The number of anilines is 1. The van der Waals surface area contributed by atoms with Crippen LogP contribution in [0.5, 0.6) is 17.2 Å². The largest absolute Gasteiger partial charge is 0.493 e. The van der Waals surface area contributed by atoms with Crippen molar-refractivity contribution in [2.75, 3.05) is 33.3 Å². The van der Waals surface area contributed by atoms with E-state index in [4.69, 9.17) is 23.4 Å². The van der Waals surface area contributed by atoms with Gasteiger partial charge in [-0.25, -0.2) is 0 Å². The molecule has 9 nitrogen and oxygen atoms in total. The second kappa shape index (κ2) is 7.39. The fourth-order valence-electron chi connectivity index (χ4n) is 2.57. The molecule has 3 rings (SSSR count). The van der Waals surface area contributed by atoms with E-state index in [2.05, 4.69) is 15.5 Å². The van der Waals surface area contributed by atoms with Gasteiger partial charge in [0.25, 0.3) is 5.91 Å². The lowest BCUT2D eigenvalue weighted by atomic mass is 10.1. The SMILES string of the molecule is COc1cc(C(=O)Nc2nnc(C3CCCO3)o2)cc(OC)c1OC. The summed E-state index contributed by atoms with van der Waals surface area (Å²) in [7, 11) is 4.45. The first-order valence-electron chi connectivity index (χ1n) is 7.72. The fourth-order valence-corrected chi connectivity index (χ4v) is 2.57. The molecule has 1 saturated heterocycles. The van der Waals surface area contributed by atoms with Gasteiger partial charge in [0.05, 0.1) is 21.3 Å². The lowest BCUT2D eigenvalue weighted by Gasteiger charge is -2.13. The second-order valence-electron chi connectivity index (χ2n) is 5.32. The molecule has 9 heteroatoms. The summed E-state index contributed by atoms with van der Waals surface area (Å²) in [6.07, 6.45) is 1.56. The van der Waals surface area contributed by atoms with Crippen molar-refractivity contribution in [2.45, 2.75) is 18.9 Å².